The predicted molar refractivity (Wildman–Crippen MR) is 101 cm³/mol. The van der Waals surface area contributed by atoms with Gasteiger partial charge in [0.2, 0.25) is 10.0 Å². The van der Waals surface area contributed by atoms with Crippen molar-refractivity contribution in [3.8, 4) is 5.75 Å². The fourth-order valence-electron chi connectivity index (χ4n) is 3.17. The largest absolute Gasteiger partial charge is 0.495 e. The number of rotatable bonds is 6. The summed E-state index contributed by atoms with van der Waals surface area (Å²) < 4.78 is 32.9. The zero-order valence-corrected chi connectivity index (χ0v) is 16.0. The lowest BCUT2D eigenvalue weighted by atomic mass is 10.0. The van der Waals surface area contributed by atoms with E-state index in [1.165, 1.54) is 12.7 Å². The van der Waals surface area contributed by atoms with Crippen LogP contribution < -0.4 is 14.4 Å². The standard InChI is InChI=1S/C19H24N2O4S/c1-13-4-7-18(25-3)19(10-13)26(23,24)20-12-17(22)15-5-6-16-14(11-15)8-9-21(16)2/h4-7,10-11,17,20,22H,8-9,12H2,1-3H3. The molecule has 2 N–H and O–H groups in total. The average Bonchev–Trinajstić information content (AvgIpc) is 3.00. The number of anilines is 1. The number of aryl methyl sites for hydroxylation is 1. The molecule has 0 radical (unpaired) electrons. The summed E-state index contributed by atoms with van der Waals surface area (Å²) in [4.78, 5) is 2.24. The number of likely N-dealkylation sites (N-methyl/N-ethyl adjacent to an activating group) is 1. The minimum Gasteiger partial charge on any atom is -0.495 e. The van der Waals surface area contributed by atoms with Crippen LogP contribution in [0.2, 0.25) is 0 Å². The van der Waals surface area contributed by atoms with Crippen molar-refractivity contribution >= 4 is 15.7 Å². The predicted octanol–water partition coefficient (Wildman–Crippen LogP) is 2.01. The number of ether oxygens (including phenoxy) is 1. The quantitative estimate of drug-likeness (QED) is 0.806. The molecule has 0 amide bonds. The molecule has 6 nitrogen and oxygen atoms in total. The molecule has 7 heteroatoms. The molecule has 0 spiro atoms. The topological polar surface area (TPSA) is 78.9 Å². The third-order valence-corrected chi connectivity index (χ3v) is 6.14. The minimum atomic E-state index is -3.79. The first-order chi connectivity index (χ1) is 12.3. The Morgan fingerprint density at radius 1 is 1.27 bits per heavy atom. The van der Waals surface area contributed by atoms with Crippen LogP contribution >= 0.6 is 0 Å². The molecule has 2 aromatic carbocycles. The molecule has 3 rings (SSSR count). The van der Waals surface area contributed by atoms with Crippen LogP contribution in [0.25, 0.3) is 0 Å². The molecule has 1 unspecified atom stereocenters. The van der Waals surface area contributed by atoms with E-state index >= 15 is 0 Å². The van der Waals surface area contributed by atoms with Crippen LogP contribution in [0.4, 0.5) is 5.69 Å². The molecule has 1 aliphatic rings. The number of nitrogens with zero attached hydrogens (tertiary/aromatic N) is 1. The van der Waals surface area contributed by atoms with E-state index in [0.717, 1.165) is 24.2 Å². The van der Waals surface area contributed by atoms with Crippen molar-refractivity contribution in [2.24, 2.45) is 0 Å². The van der Waals surface area contributed by atoms with Crippen LogP contribution in [-0.4, -0.2) is 40.8 Å². The number of hydrogen-bond acceptors (Lipinski definition) is 5. The third kappa shape index (κ3) is 3.70. The average molecular weight is 376 g/mol. The van der Waals surface area contributed by atoms with Crippen molar-refractivity contribution in [3.05, 3.63) is 53.1 Å². The second-order valence-corrected chi connectivity index (χ2v) is 8.32. The number of aliphatic hydroxyl groups is 1. The first-order valence-electron chi connectivity index (χ1n) is 8.48. The highest BCUT2D eigenvalue weighted by atomic mass is 32.2. The maximum atomic E-state index is 12.6. The van der Waals surface area contributed by atoms with Gasteiger partial charge in [0.1, 0.15) is 10.6 Å². The van der Waals surface area contributed by atoms with Crippen LogP contribution in [0, 0.1) is 6.92 Å². The van der Waals surface area contributed by atoms with Crippen molar-refractivity contribution in [2.45, 2.75) is 24.3 Å². The van der Waals surface area contributed by atoms with Crippen molar-refractivity contribution in [1.82, 2.24) is 4.72 Å². The summed E-state index contributed by atoms with van der Waals surface area (Å²) >= 11 is 0. The molecule has 1 heterocycles. The number of benzene rings is 2. The Morgan fingerprint density at radius 2 is 2.04 bits per heavy atom. The molecule has 0 aliphatic carbocycles. The highest BCUT2D eigenvalue weighted by Gasteiger charge is 2.22. The first kappa shape index (κ1) is 18.7. The van der Waals surface area contributed by atoms with Crippen LogP contribution in [0.3, 0.4) is 0 Å². The molecule has 0 fully saturated rings. The van der Waals surface area contributed by atoms with Crippen molar-refractivity contribution < 1.29 is 18.3 Å². The van der Waals surface area contributed by atoms with Gasteiger partial charge in [0, 0.05) is 25.8 Å². The maximum absolute atomic E-state index is 12.6. The molecular formula is C19H24N2O4S. The van der Waals surface area contributed by atoms with E-state index < -0.39 is 16.1 Å². The number of hydrogen-bond donors (Lipinski definition) is 2. The van der Waals surface area contributed by atoms with E-state index in [4.69, 9.17) is 4.74 Å². The SMILES string of the molecule is COc1ccc(C)cc1S(=O)(=O)NCC(O)c1ccc2c(c1)CCN2C. The van der Waals surface area contributed by atoms with Crippen LogP contribution in [0.15, 0.2) is 41.3 Å². The smallest absolute Gasteiger partial charge is 0.244 e. The van der Waals surface area contributed by atoms with Crippen LogP contribution in [0.1, 0.15) is 22.8 Å². The van der Waals surface area contributed by atoms with E-state index in [0.29, 0.717) is 5.56 Å². The summed E-state index contributed by atoms with van der Waals surface area (Å²) in [7, 11) is -0.328. The lowest BCUT2D eigenvalue weighted by Gasteiger charge is -2.16. The van der Waals surface area contributed by atoms with E-state index in [1.807, 2.05) is 32.2 Å². The Kier molecular flexibility index (Phi) is 5.22. The van der Waals surface area contributed by atoms with Gasteiger partial charge in [0.15, 0.2) is 0 Å². The number of aliphatic hydroxyl groups excluding tert-OH is 1. The zero-order chi connectivity index (χ0) is 18.9. The lowest BCUT2D eigenvalue weighted by Crippen LogP contribution is -2.29. The molecule has 0 saturated heterocycles. The number of methoxy groups -OCH3 is 1. The minimum absolute atomic E-state index is 0.0720. The summed E-state index contributed by atoms with van der Waals surface area (Å²) in [5.74, 6) is 0.276. The van der Waals surface area contributed by atoms with Gasteiger partial charge in [0.25, 0.3) is 0 Å². The normalized spacial score (nSPS) is 15.0. The highest BCUT2D eigenvalue weighted by molar-refractivity contribution is 7.89. The van der Waals surface area contributed by atoms with Gasteiger partial charge in [0.05, 0.1) is 13.2 Å². The Balaban J connectivity index is 1.75. The summed E-state index contributed by atoms with van der Waals surface area (Å²) in [6.07, 6.45) is 0.00953. The molecule has 1 atom stereocenters. The molecule has 2 aromatic rings. The maximum Gasteiger partial charge on any atom is 0.244 e. The van der Waals surface area contributed by atoms with Gasteiger partial charge in [-0.05, 0) is 48.2 Å². The summed E-state index contributed by atoms with van der Waals surface area (Å²) in [5.41, 5.74) is 3.85. The van der Waals surface area contributed by atoms with Gasteiger partial charge in [-0.2, -0.15) is 0 Å². The molecule has 140 valence electrons. The monoisotopic (exact) mass is 376 g/mol. The number of nitrogens with one attached hydrogen (secondary N) is 1. The number of fused-ring (bicyclic) bond motifs is 1. The fourth-order valence-corrected chi connectivity index (χ4v) is 4.46. The Labute approximate surface area is 154 Å². The van der Waals surface area contributed by atoms with Gasteiger partial charge in [-0.1, -0.05) is 18.2 Å². The Bertz CT molecular complexity index is 912. The van der Waals surface area contributed by atoms with Gasteiger partial charge in [-0.15, -0.1) is 0 Å². The second-order valence-electron chi connectivity index (χ2n) is 6.58. The first-order valence-corrected chi connectivity index (χ1v) is 9.96. The van der Waals surface area contributed by atoms with Crippen molar-refractivity contribution in [3.63, 3.8) is 0 Å². The molecule has 0 saturated carbocycles. The van der Waals surface area contributed by atoms with E-state index in [2.05, 4.69) is 9.62 Å². The third-order valence-electron chi connectivity index (χ3n) is 4.69. The van der Waals surface area contributed by atoms with Gasteiger partial charge in [-0.25, -0.2) is 13.1 Å². The summed E-state index contributed by atoms with van der Waals surface area (Å²) in [5, 5.41) is 10.4. The molecule has 0 aromatic heterocycles. The molecule has 26 heavy (non-hydrogen) atoms. The molecular weight excluding hydrogens is 352 g/mol. The summed E-state index contributed by atoms with van der Waals surface area (Å²) in [6.45, 7) is 2.66. The summed E-state index contributed by atoms with van der Waals surface area (Å²) in [6, 6.07) is 10.7. The Hall–Kier alpha value is -2.09. The van der Waals surface area contributed by atoms with Gasteiger partial charge < -0.3 is 14.7 Å². The van der Waals surface area contributed by atoms with E-state index in [-0.39, 0.29) is 17.2 Å². The van der Waals surface area contributed by atoms with E-state index in [9.17, 15) is 13.5 Å². The van der Waals surface area contributed by atoms with Gasteiger partial charge in [-0.3, -0.25) is 0 Å². The van der Waals surface area contributed by atoms with Crippen LogP contribution in [-0.2, 0) is 16.4 Å². The fraction of sp³-hybridized carbons (Fsp3) is 0.368. The van der Waals surface area contributed by atoms with Crippen molar-refractivity contribution in [1.29, 1.82) is 0 Å². The van der Waals surface area contributed by atoms with Crippen LogP contribution in [0.5, 0.6) is 5.75 Å². The molecule has 1 aliphatic heterocycles. The number of sulfonamides is 1. The van der Waals surface area contributed by atoms with E-state index in [1.54, 1.807) is 18.2 Å². The Morgan fingerprint density at radius 3 is 2.77 bits per heavy atom. The zero-order valence-electron chi connectivity index (χ0n) is 15.2. The molecule has 0 bridgehead atoms. The highest BCUT2D eigenvalue weighted by Crippen LogP contribution is 2.29. The second kappa shape index (κ2) is 7.26. The lowest BCUT2D eigenvalue weighted by molar-refractivity contribution is 0.182. The van der Waals surface area contributed by atoms with Gasteiger partial charge >= 0.3 is 0 Å². The van der Waals surface area contributed by atoms with Crippen molar-refractivity contribution in [2.75, 3.05) is 32.1 Å².